The van der Waals surface area contributed by atoms with E-state index < -0.39 is 0 Å². The zero-order chi connectivity index (χ0) is 15.9. The molecule has 4 nitrogen and oxygen atoms in total. The van der Waals surface area contributed by atoms with Gasteiger partial charge in [-0.2, -0.15) is 0 Å². The van der Waals surface area contributed by atoms with Crippen molar-refractivity contribution in [1.29, 1.82) is 0 Å². The van der Waals surface area contributed by atoms with E-state index in [4.69, 9.17) is 0 Å². The van der Waals surface area contributed by atoms with E-state index in [1.165, 1.54) is 10.4 Å². The van der Waals surface area contributed by atoms with Crippen LogP contribution in [-0.2, 0) is 19.5 Å². The van der Waals surface area contributed by atoms with Crippen molar-refractivity contribution in [3.05, 3.63) is 45.7 Å². The van der Waals surface area contributed by atoms with Crippen molar-refractivity contribution < 1.29 is 5.11 Å². The average molecular weight is 319 g/mol. The van der Waals surface area contributed by atoms with E-state index in [9.17, 15) is 5.11 Å². The molecule has 2 aromatic rings. The quantitative estimate of drug-likeness (QED) is 0.812. The number of hydrogen-bond donors (Lipinski definition) is 1. The molecule has 0 radical (unpaired) electrons. The van der Waals surface area contributed by atoms with E-state index in [1.54, 1.807) is 11.3 Å². The Morgan fingerprint density at radius 3 is 2.55 bits per heavy atom. The molecule has 0 aliphatic rings. The van der Waals surface area contributed by atoms with Crippen LogP contribution in [0.2, 0.25) is 0 Å². The Morgan fingerprint density at radius 1 is 1.27 bits per heavy atom. The Labute approximate surface area is 136 Å². The SMILES string of the molecule is CCCc1ncc(CN(Cc2sccc2C)CC(C)O)cn1. The number of aromatic nitrogens is 2. The lowest BCUT2D eigenvalue weighted by Gasteiger charge is -2.23. The molecule has 0 saturated carbocycles. The smallest absolute Gasteiger partial charge is 0.128 e. The molecular formula is C17H25N3OS. The van der Waals surface area contributed by atoms with E-state index in [2.05, 4.69) is 40.2 Å². The van der Waals surface area contributed by atoms with Crippen LogP contribution in [0.1, 0.15) is 42.1 Å². The molecule has 5 heteroatoms. The van der Waals surface area contributed by atoms with Crippen LogP contribution in [0.5, 0.6) is 0 Å². The Balaban J connectivity index is 2.04. The third-order valence-electron chi connectivity index (χ3n) is 3.50. The standard InChI is InChI=1S/C17H25N3OS/c1-4-5-17-18-8-15(9-19-17)11-20(10-14(3)21)12-16-13(2)6-7-22-16/h6-9,14,21H,4-5,10-12H2,1-3H3. The molecule has 0 aliphatic heterocycles. The van der Waals surface area contributed by atoms with Gasteiger partial charge in [-0.3, -0.25) is 4.90 Å². The van der Waals surface area contributed by atoms with Gasteiger partial charge in [0.25, 0.3) is 0 Å². The van der Waals surface area contributed by atoms with Crippen molar-refractivity contribution in [2.45, 2.75) is 52.8 Å². The summed E-state index contributed by atoms with van der Waals surface area (Å²) in [6.45, 7) is 8.35. The molecular weight excluding hydrogens is 294 g/mol. The van der Waals surface area contributed by atoms with Gasteiger partial charge < -0.3 is 5.11 Å². The van der Waals surface area contributed by atoms with Crippen LogP contribution in [0.25, 0.3) is 0 Å². The van der Waals surface area contributed by atoms with Crippen molar-refractivity contribution in [2.24, 2.45) is 0 Å². The van der Waals surface area contributed by atoms with E-state index in [1.807, 2.05) is 19.3 Å². The molecule has 0 saturated heterocycles. The summed E-state index contributed by atoms with van der Waals surface area (Å²) < 4.78 is 0. The minimum absolute atomic E-state index is 0.347. The number of aryl methyl sites for hydroxylation is 2. The van der Waals surface area contributed by atoms with E-state index >= 15 is 0 Å². The van der Waals surface area contributed by atoms with Crippen LogP contribution in [-0.4, -0.2) is 32.6 Å². The van der Waals surface area contributed by atoms with Crippen molar-refractivity contribution >= 4 is 11.3 Å². The van der Waals surface area contributed by atoms with Gasteiger partial charge in [0, 0.05) is 48.9 Å². The normalized spacial score (nSPS) is 12.8. The third-order valence-corrected chi connectivity index (χ3v) is 4.50. The van der Waals surface area contributed by atoms with Gasteiger partial charge >= 0.3 is 0 Å². The molecule has 0 bridgehead atoms. The van der Waals surface area contributed by atoms with Gasteiger partial charge in [-0.15, -0.1) is 11.3 Å². The number of thiophene rings is 1. The monoisotopic (exact) mass is 319 g/mol. The first-order valence-corrected chi connectivity index (χ1v) is 8.69. The molecule has 1 N–H and O–H groups in total. The summed E-state index contributed by atoms with van der Waals surface area (Å²) in [6, 6.07) is 2.14. The second-order valence-corrected chi connectivity index (χ2v) is 6.80. The molecule has 0 spiro atoms. The average Bonchev–Trinajstić information content (AvgIpc) is 2.86. The first kappa shape index (κ1) is 17.1. The molecule has 0 aliphatic carbocycles. The predicted molar refractivity (Wildman–Crippen MR) is 90.9 cm³/mol. The zero-order valence-electron chi connectivity index (χ0n) is 13.6. The van der Waals surface area contributed by atoms with Gasteiger partial charge in [0.05, 0.1) is 6.10 Å². The third kappa shape index (κ3) is 5.16. The summed E-state index contributed by atoms with van der Waals surface area (Å²) in [6.07, 6.45) is 5.46. The molecule has 1 unspecified atom stereocenters. The molecule has 0 fully saturated rings. The molecule has 120 valence electrons. The van der Waals surface area contributed by atoms with Gasteiger partial charge in [-0.05, 0) is 37.3 Å². The van der Waals surface area contributed by atoms with Crippen molar-refractivity contribution in [2.75, 3.05) is 6.54 Å². The second-order valence-electron chi connectivity index (χ2n) is 5.80. The fourth-order valence-electron chi connectivity index (χ4n) is 2.40. The highest BCUT2D eigenvalue weighted by atomic mass is 32.1. The molecule has 22 heavy (non-hydrogen) atoms. The van der Waals surface area contributed by atoms with Crippen molar-refractivity contribution in [1.82, 2.24) is 14.9 Å². The van der Waals surface area contributed by atoms with Gasteiger partial charge in [0.2, 0.25) is 0 Å². The second kappa shape index (κ2) is 8.36. The summed E-state index contributed by atoms with van der Waals surface area (Å²) in [5, 5.41) is 11.9. The van der Waals surface area contributed by atoms with Gasteiger partial charge in [-0.1, -0.05) is 6.92 Å². The van der Waals surface area contributed by atoms with Crippen LogP contribution in [0, 0.1) is 6.92 Å². The lowest BCUT2D eigenvalue weighted by Crippen LogP contribution is -2.30. The van der Waals surface area contributed by atoms with Crippen LogP contribution in [0.15, 0.2) is 23.8 Å². The number of aliphatic hydroxyl groups excluding tert-OH is 1. The largest absolute Gasteiger partial charge is 0.392 e. The lowest BCUT2D eigenvalue weighted by molar-refractivity contribution is 0.118. The minimum Gasteiger partial charge on any atom is -0.392 e. The number of hydrogen-bond acceptors (Lipinski definition) is 5. The Hall–Kier alpha value is -1.30. The zero-order valence-corrected chi connectivity index (χ0v) is 14.4. The van der Waals surface area contributed by atoms with Crippen LogP contribution in [0.4, 0.5) is 0 Å². The highest BCUT2D eigenvalue weighted by Gasteiger charge is 2.12. The molecule has 2 heterocycles. The molecule has 1 atom stereocenters. The fraction of sp³-hybridized carbons (Fsp3) is 0.529. The van der Waals surface area contributed by atoms with E-state index in [-0.39, 0.29) is 6.10 Å². The van der Waals surface area contributed by atoms with Crippen LogP contribution in [0.3, 0.4) is 0 Å². The molecule has 0 amide bonds. The summed E-state index contributed by atoms with van der Waals surface area (Å²) in [5.41, 5.74) is 2.41. The van der Waals surface area contributed by atoms with Crippen LogP contribution < -0.4 is 0 Å². The summed E-state index contributed by atoms with van der Waals surface area (Å²) in [5.74, 6) is 0.905. The fourth-order valence-corrected chi connectivity index (χ4v) is 3.35. The predicted octanol–water partition coefficient (Wildman–Crippen LogP) is 3.18. The Bertz CT molecular complexity index is 566. The summed E-state index contributed by atoms with van der Waals surface area (Å²) in [4.78, 5) is 12.4. The number of nitrogens with zero attached hydrogens (tertiary/aromatic N) is 3. The molecule has 2 rings (SSSR count). The highest BCUT2D eigenvalue weighted by Crippen LogP contribution is 2.19. The number of aliphatic hydroxyl groups is 1. The maximum atomic E-state index is 9.74. The molecule has 0 aromatic carbocycles. The maximum absolute atomic E-state index is 9.74. The molecule has 2 aromatic heterocycles. The lowest BCUT2D eigenvalue weighted by atomic mass is 10.2. The summed E-state index contributed by atoms with van der Waals surface area (Å²) in [7, 11) is 0. The van der Waals surface area contributed by atoms with Gasteiger partial charge in [-0.25, -0.2) is 9.97 Å². The van der Waals surface area contributed by atoms with Gasteiger partial charge in [0.1, 0.15) is 5.82 Å². The van der Waals surface area contributed by atoms with Crippen LogP contribution >= 0.6 is 11.3 Å². The minimum atomic E-state index is -0.347. The van der Waals surface area contributed by atoms with Crippen molar-refractivity contribution in [3.63, 3.8) is 0 Å². The van der Waals surface area contributed by atoms with Crippen molar-refractivity contribution in [3.8, 4) is 0 Å². The van der Waals surface area contributed by atoms with E-state index in [0.29, 0.717) is 6.54 Å². The maximum Gasteiger partial charge on any atom is 0.128 e. The Morgan fingerprint density at radius 2 is 2.00 bits per heavy atom. The topological polar surface area (TPSA) is 49.2 Å². The number of rotatable bonds is 8. The first-order chi connectivity index (χ1) is 10.6. The van der Waals surface area contributed by atoms with E-state index in [0.717, 1.165) is 37.3 Å². The van der Waals surface area contributed by atoms with Gasteiger partial charge in [0.15, 0.2) is 0 Å². The summed E-state index contributed by atoms with van der Waals surface area (Å²) >= 11 is 1.77. The highest BCUT2D eigenvalue weighted by molar-refractivity contribution is 7.10. The first-order valence-electron chi connectivity index (χ1n) is 7.81. The Kier molecular flexibility index (Phi) is 6.49.